The van der Waals surface area contributed by atoms with Crippen LogP contribution in [0.1, 0.15) is 56.8 Å². The molecule has 29 heavy (non-hydrogen) atoms. The molecule has 148 valence electrons. The molecular formula is C22H22N4O3. The number of carbonyl (C=O) groups is 2. The number of aromatic amines is 1. The molecule has 0 unspecified atom stereocenters. The molecule has 0 bridgehead atoms. The normalized spacial score (nSPS) is 21.3. The van der Waals surface area contributed by atoms with E-state index in [-0.39, 0.29) is 29.5 Å². The average molecular weight is 390 g/mol. The molecule has 3 heterocycles. The van der Waals surface area contributed by atoms with E-state index in [0.717, 1.165) is 24.0 Å². The van der Waals surface area contributed by atoms with Crippen LogP contribution in [0.25, 0.3) is 0 Å². The lowest BCUT2D eigenvalue weighted by atomic mass is 9.94. The first kappa shape index (κ1) is 17.7. The summed E-state index contributed by atoms with van der Waals surface area (Å²) in [5.41, 5.74) is 3.11. The van der Waals surface area contributed by atoms with Gasteiger partial charge in [0.05, 0.1) is 6.04 Å². The molecule has 2 N–H and O–H groups in total. The van der Waals surface area contributed by atoms with Crippen molar-refractivity contribution in [3.8, 4) is 0 Å². The van der Waals surface area contributed by atoms with Crippen LogP contribution in [0.2, 0.25) is 0 Å². The quantitative estimate of drug-likeness (QED) is 0.701. The number of nitrogens with zero attached hydrogens (tertiary/aromatic N) is 2. The summed E-state index contributed by atoms with van der Waals surface area (Å²) < 4.78 is 4.82. The third-order valence-corrected chi connectivity index (χ3v) is 5.83. The van der Waals surface area contributed by atoms with Crippen molar-refractivity contribution in [3.63, 3.8) is 0 Å². The van der Waals surface area contributed by atoms with E-state index in [2.05, 4.69) is 15.5 Å². The van der Waals surface area contributed by atoms with Crippen molar-refractivity contribution in [2.75, 3.05) is 13.1 Å². The summed E-state index contributed by atoms with van der Waals surface area (Å²) in [4.78, 5) is 30.6. The summed E-state index contributed by atoms with van der Waals surface area (Å²) in [6.07, 6.45) is 5.48. The van der Waals surface area contributed by atoms with Crippen LogP contribution in [0.15, 0.2) is 59.4 Å². The van der Waals surface area contributed by atoms with E-state index in [1.165, 1.54) is 6.26 Å². The maximum absolute atomic E-state index is 13.0. The minimum absolute atomic E-state index is 0.00957. The van der Waals surface area contributed by atoms with Crippen LogP contribution in [0.3, 0.4) is 0 Å². The zero-order chi connectivity index (χ0) is 19.8. The molecule has 1 saturated heterocycles. The second-order valence-electron chi connectivity index (χ2n) is 7.77. The molecule has 1 saturated carbocycles. The maximum atomic E-state index is 13.0. The number of aromatic nitrogens is 2. The molecule has 7 heteroatoms. The number of likely N-dealkylation sites (tertiary alicyclic amines) is 1. The van der Waals surface area contributed by atoms with Gasteiger partial charge in [0.2, 0.25) is 0 Å². The lowest BCUT2D eigenvalue weighted by Gasteiger charge is -2.20. The number of rotatable bonds is 5. The number of hydrogen-bond acceptors (Lipinski definition) is 4. The molecule has 1 aromatic carbocycles. The number of carbonyl (C=O) groups excluding carboxylic acids is 2. The third kappa shape index (κ3) is 3.44. The summed E-state index contributed by atoms with van der Waals surface area (Å²) in [5.74, 6) is 0.199. The van der Waals surface area contributed by atoms with Gasteiger partial charge in [0.15, 0.2) is 5.69 Å². The molecule has 1 aliphatic heterocycles. The highest BCUT2D eigenvalue weighted by Gasteiger charge is 2.39. The van der Waals surface area contributed by atoms with Gasteiger partial charge in [0.1, 0.15) is 12.0 Å². The Kier molecular flexibility index (Phi) is 4.42. The summed E-state index contributed by atoms with van der Waals surface area (Å²) in [5, 5.41) is 6.94. The maximum Gasteiger partial charge on any atom is 0.276 e. The topological polar surface area (TPSA) is 91.2 Å². The molecule has 0 spiro atoms. The second-order valence-corrected chi connectivity index (χ2v) is 7.77. The fourth-order valence-electron chi connectivity index (χ4n) is 4.19. The molecule has 2 fully saturated rings. The Bertz CT molecular complexity index is 1010. The SMILES string of the molecule is O=C(N[C@@H]1CN(C(=O)c2ccon2)C[C@H]1c1ccccc1)c1[nH]ccc1C1CC1. The Balaban J connectivity index is 1.38. The Morgan fingerprint density at radius 2 is 1.93 bits per heavy atom. The van der Waals surface area contributed by atoms with E-state index in [1.54, 1.807) is 11.0 Å². The van der Waals surface area contributed by atoms with Crippen LogP contribution < -0.4 is 5.32 Å². The van der Waals surface area contributed by atoms with E-state index >= 15 is 0 Å². The highest BCUT2D eigenvalue weighted by atomic mass is 16.5. The molecular weight excluding hydrogens is 368 g/mol. The first-order valence-corrected chi connectivity index (χ1v) is 9.93. The molecule has 0 radical (unpaired) electrons. The van der Waals surface area contributed by atoms with Gasteiger partial charge in [-0.1, -0.05) is 35.5 Å². The summed E-state index contributed by atoms with van der Waals surface area (Å²) in [7, 11) is 0. The first-order valence-electron chi connectivity index (χ1n) is 9.93. The van der Waals surface area contributed by atoms with Gasteiger partial charge in [0, 0.05) is 31.3 Å². The van der Waals surface area contributed by atoms with Crippen molar-refractivity contribution >= 4 is 11.8 Å². The number of H-pyrrole nitrogens is 1. The molecule has 2 aromatic heterocycles. The molecule has 2 atom stereocenters. The zero-order valence-electron chi connectivity index (χ0n) is 15.9. The predicted molar refractivity (Wildman–Crippen MR) is 106 cm³/mol. The van der Waals surface area contributed by atoms with Gasteiger partial charge in [-0.2, -0.15) is 0 Å². The highest BCUT2D eigenvalue weighted by molar-refractivity contribution is 5.95. The van der Waals surface area contributed by atoms with E-state index in [9.17, 15) is 9.59 Å². The van der Waals surface area contributed by atoms with Crippen molar-refractivity contribution in [1.29, 1.82) is 0 Å². The number of benzene rings is 1. The van der Waals surface area contributed by atoms with Crippen molar-refractivity contribution in [3.05, 3.63) is 77.4 Å². The van der Waals surface area contributed by atoms with Gasteiger partial charge in [-0.05, 0) is 36.0 Å². The average Bonchev–Trinajstić information content (AvgIpc) is 3.18. The third-order valence-electron chi connectivity index (χ3n) is 5.83. The van der Waals surface area contributed by atoms with Gasteiger partial charge in [-0.3, -0.25) is 9.59 Å². The number of hydrogen-bond donors (Lipinski definition) is 2. The second kappa shape index (κ2) is 7.24. The summed E-state index contributed by atoms with van der Waals surface area (Å²) in [6, 6.07) is 13.4. The minimum atomic E-state index is -0.185. The number of nitrogens with one attached hydrogen (secondary N) is 2. The Morgan fingerprint density at radius 1 is 1.10 bits per heavy atom. The Morgan fingerprint density at radius 3 is 2.66 bits per heavy atom. The first-order chi connectivity index (χ1) is 14.2. The highest BCUT2D eigenvalue weighted by Crippen LogP contribution is 2.41. The van der Waals surface area contributed by atoms with Crippen LogP contribution in [-0.2, 0) is 0 Å². The fraction of sp³-hybridized carbons (Fsp3) is 0.318. The van der Waals surface area contributed by atoms with E-state index in [1.807, 2.05) is 42.6 Å². The molecule has 1 aliphatic carbocycles. The Labute approximate surface area is 168 Å². The number of amides is 2. The fourth-order valence-corrected chi connectivity index (χ4v) is 4.19. The van der Waals surface area contributed by atoms with Crippen LogP contribution in [-0.4, -0.2) is 46.0 Å². The Hall–Kier alpha value is -3.35. The smallest absolute Gasteiger partial charge is 0.276 e. The predicted octanol–water partition coefficient (Wildman–Crippen LogP) is 2.92. The van der Waals surface area contributed by atoms with E-state index in [4.69, 9.17) is 4.52 Å². The molecule has 7 nitrogen and oxygen atoms in total. The largest absolute Gasteiger partial charge is 0.364 e. The van der Waals surface area contributed by atoms with Crippen LogP contribution in [0.5, 0.6) is 0 Å². The molecule has 5 rings (SSSR count). The summed E-state index contributed by atoms with van der Waals surface area (Å²) in [6.45, 7) is 0.942. The molecule has 2 amide bonds. The van der Waals surface area contributed by atoms with Gasteiger partial charge < -0.3 is 19.7 Å². The zero-order valence-corrected chi connectivity index (χ0v) is 15.9. The monoisotopic (exact) mass is 390 g/mol. The van der Waals surface area contributed by atoms with E-state index < -0.39 is 0 Å². The summed E-state index contributed by atoms with van der Waals surface area (Å²) >= 11 is 0. The van der Waals surface area contributed by atoms with Crippen LogP contribution in [0.4, 0.5) is 0 Å². The van der Waals surface area contributed by atoms with Crippen molar-refractivity contribution in [2.45, 2.75) is 30.7 Å². The van der Waals surface area contributed by atoms with Crippen molar-refractivity contribution in [1.82, 2.24) is 20.4 Å². The van der Waals surface area contributed by atoms with Crippen molar-refractivity contribution in [2.24, 2.45) is 0 Å². The molecule has 2 aliphatic rings. The van der Waals surface area contributed by atoms with Gasteiger partial charge in [-0.25, -0.2) is 0 Å². The lowest BCUT2D eigenvalue weighted by molar-refractivity contribution is 0.0772. The van der Waals surface area contributed by atoms with Gasteiger partial charge in [-0.15, -0.1) is 0 Å². The molecule has 3 aromatic rings. The van der Waals surface area contributed by atoms with Crippen LogP contribution in [0, 0.1) is 0 Å². The van der Waals surface area contributed by atoms with Crippen LogP contribution >= 0.6 is 0 Å². The van der Waals surface area contributed by atoms with Gasteiger partial charge >= 0.3 is 0 Å². The van der Waals surface area contributed by atoms with Gasteiger partial charge in [0.25, 0.3) is 11.8 Å². The minimum Gasteiger partial charge on any atom is -0.364 e. The van der Waals surface area contributed by atoms with Crippen molar-refractivity contribution < 1.29 is 14.1 Å². The lowest BCUT2D eigenvalue weighted by Crippen LogP contribution is -2.41. The van der Waals surface area contributed by atoms with E-state index in [0.29, 0.717) is 24.7 Å². The standard InChI is InChI=1S/C22H22N4O3/c27-21(20-16(8-10-23-20)15-6-7-15)24-19-13-26(22(28)18-9-11-29-25-18)12-17(19)14-4-2-1-3-5-14/h1-5,8-11,15,17,19,23H,6-7,12-13H2,(H,24,27)/t17-,19+/m0/s1.